The molecule has 29 heavy (non-hydrogen) atoms. The molecule has 5 heteroatoms. The number of fused-ring (bicyclic) bond motifs is 1. The van der Waals surface area contributed by atoms with Crippen molar-refractivity contribution in [3.05, 3.63) is 17.8 Å². The zero-order valence-corrected chi connectivity index (χ0v) is 18.6. The van der Waals surface area contributed by atoms with E-state index < -0.39 is 0 Å². The van der Waals surface area contributed by atoms with Gasteiger partial charge >= 0.3 is 0 Å². The summed E-state index contributed by atoms with van der Waals surface area (Å²) in [5.41, 5.74) is 2.22. The van der Waals surface area contributed by atoms with E-state index in [2.05, 4.69) is 42.6 Å². The van der Waals surface area contributed by atoms with Gasteiger partial charge in [0.1, 0.15) is 11.6 Å². The monoisotopic (exact) mass is 397 g/mol. The molecule has 2 aliphatic rings. The van der Waals surface area contributed by atoms with Crippen LogP contribution in [0.25, 0.3) is 5.65 Å². The lowest BCUT2D eigenvalue weighted by Crippen LogP contribution is -2.25. The summed E-state index contributed by atoms with van der Waals surface area (Å²) >= 11 is 0. The Kier molecular flexibility index (Phi) is 6.61. The highest BCUT2D eigenvalue weighted by atomic mass is 15.3. The van der Waals surface area contributed by atoms with E-state index in [-0.39, 0.29) is 0 Å². The lowest BCUT2D eigenvalue weighted by molar-refractivity contribution is 0.268. The summed E-state index contributed by atoms with van der Waals surface area (Å²) in [6.07, 6.45) is 14.3. The number of aromatic nitrogens is 3. The predicted molar refractivity (Wildman–Crippen MR) is 122 cm³/mol. The molecule has 2 saturated carbocycles. The van der Waals surface area contributed by atoms with Crippen molar-refractivity contribution in [2.24, 2.45) is 17.8 Å². The summed E-state index contributed by atoms with van der Waals surface area (Å²) in [4.78, 5) is 4.97. The minimum atomic E-state index is 0.416. The molecule has 0 aromatic carbocycles. The number of hydrogen-bond donors (Lipinski definition) is 2. The van der Waals surface area contributed by atoms with Crippen molar-refractivity contribution in [1.29, 1.82) is 0 Å². The molecule has 0 unspecified atom stereocenters. The molecule has 0 bridgehead atoms. The molecule has 2 fully saturated rings. The van der Waals surface area contributed by atoms with Crippen LogP contribution in [0, 0.1) is 17.8 Å². The van der Waals surface area contributed by atoms with Crippen molar-refractivity contribution >= 4 is 17.3 Å². The molecule has 4 rings (SSSR count). The summed E-state index contributed by atoms with van der Waals surface area (Å²) in [7, 11) is 0. The van der Waals surface area contributed by atoms with E-state index in [0.717, 1.165) is 48.1 Å². The van der Waals surface area contributed by atoms with Gasteiger partial charge in [-0.2, -0.15) is 9.61 Å². The van der Waals surface area contributed by atoms with Crippen molar-refractivity contribution in [2.45, 2.75) is 84.5 Å². The van der Waals surface area contributed by atoms with Gasteiger partial charge in [0.2, 0.25) is 0 Å². The van der Waals surface area contributed by atoms with Gasteiger partial charge in [-0.15, -0.1) is 0 Å². The minimum Gasteiger partial charge on any atom is -0.370 e. The van der Waals surface area contributed by atoms with Crippen LogP contribution in [0.2, 0.25) is 0 Å². The normalized spacial score (nSPS) is 23.6. The number of nitrogens with zero attached hydrogens (tertiary/aromatic N) is 3. The average Bonchev–Trinajstić information content (AvgIpc) is 3.16. The summed E-state index contributed by atoms with van der Waals surface area (Å²) in [6.45, 7) is 8.91. The Bertz CT molecular complexity index is 790. The van der Waals surface area contributed by atoms with Crippen molar-refractivity contribution in [2.75, 3.05) is 23.7 Å². The van der Waals surface area contributed by atoms with E-state index in [4.69, 9.17) is 4.98 Å². The van der Waals surface area contributed by atoms with Gasteiger partial charge in [0, 0.05) is 24.7 Å². The number of nitrogens with one attached hydrogen (secondary N) is 2. The van der Waals surface area contributed by atoms with Crippen LogP contribution in [-0.4, -0.2) is 27.7 Å². The molecule has 5 nitrogen and oxygen atoms in total. The van der Waals surface area contributed by atoms with Crippen LogP contribution >= 0.6 is 0 Å². The lowest BCUT2D eigenvalue weighted by Gasteiger charge is -2.29. The molecule has 0 amide bonds. The SMILES string of the molecule is CC(C)c1cnn2c(NCC3CCCCC3)cc(NC[C@H]3CCCC[C@@H]3C)nc12. The Morgan fingerprint density at radius 3 is 2.52 bits per heavy atom. The Morgan fingerprint density at radius 1 is 1.00 bits per heavy atom. The Labute approximate surface area is 176 Å². The summed E-state index contributed by atoms with van der Waals surface area (Å²) < 4.78 is 2.01. The van der Waals surface area contributed by atoms with E-state index in [1.54, 1.807) is 0 Å². The van der Waals surface area contributed by atoms with Crippen molar-refractivity contribution in [3.8, 4) is 0 Å². The molecule has 2 aromatic heterocycles. The maximum absolute atomic E-state index is 4.97. The molecule has 2 aliphatic carbocycles. The van der Waals surface area contributed by atoms with Crippen molar-refractivity contribution in [1.82, 2.24) is 14.6 Å². The first-order chi connectivity index (χ1) is 14.1. The van der Waals surface area contributed by atoms with Gasteiger partial charge in [0.25, 0.3) is 0 Å². The molecular formula is C24H39N5. The lowest BCUT2D eigenvalue weighted by atomic mass is 9.80. The molecular weight excluding hydrogens is 358 g/mol. The fraction of sp³-hybridized carbons (Fsp3) is 0.750. The van der Waals surface area contributed by atoms with Gasteiger partial charge in [-0.1, -0.05) is 59.3 Å². The fourth-order valence-corrected chi connectivity index (χ4v) is 5.18. The van der Waals surface area contributed by atoms with Crippen LogP contribution in [-0.2, 0) is 0 Å². The second-order valence-corrected chi connectivity index (χ2v) is 9.80. The third-order valence-electron chi connectivity index (χ3n) is 7.25. The van der Waals surface area contributed by atoms with Gasteiger partial charge in [0.05, 0.1) is 6.20 Å². The number of hydrogen-bond acceptors (Lipinski definition) is 4. The van der Waals surface area contributed by atoms with Crippen LogP contribution in [0.3, 0.4) is 0 Å². The highest BCUT2D eigenvalue weighted by Crippen LogP contribution is 2.31. The highest BCUT2D eigenvalue weighted by molar-refractivity contribution is 5.61. The van der Waals surface area contributed by atoms with Crippen LogP contribution < -0.4 is 10.6 Å². The van der Waals surface area contributed by atoms with Gasteiger partial charge in [0.15, 0.2) is 5.65 Å². The zero-order valence-electron chi connectivity index (χ0n) is 18.6. The van der Waals surface area contributed by atoms with E-state index in [1.807, 2.05) is 10.7 Å². The average molecular weight is 398 g/mol. The smallest absolute Gasteiger partial charge is 0.163 e. The first-order valence-electron chi connectivity index (χ1n) is 12.0. The van der Waals surface area contributed by atoms with Crippen LogP contribution in [0.5, 0.6) is 0 Å². The molecule has 2 N–H and O–H groups in total. The maximum atomic E-state index is 4.97. The summed E-state index contributed by atoms with van der Waals surface area (Å²) in [6, 6.07) is 2.17. The second kappa shape index (κ2) is 9.36. The Hall–Kier alpha value is -1.78. The van der Waals surface area contributed by atoms with Gasteiger partial charge in [-0.05, 0) is 42.9 Å². The quantitative estimate of drug-likeness (QED) is 0.594. The van der Waals surface area contributed by atoms with E-state index >= 15 is 0 Å². The first kappa shape index (κ1) is 20.5. The van der Waals surface area contributed by atoms with Gasteiger partial charge in [-0.25, -0.2) is 4.98 Å². The largest absolute Gasteiger partial charge is 0.370 e. The van der Waals surface area contributed by atoms with Crippen LogP contribution in [0.15, 0.2) is 12.3 Å². The molecule has 2 aromatic rings. The Morgan fingerprint density at radius 2 is 1.76 bits per heavy atom. The number of rotatable bonds is 7. The second-order valence-electron chi connectivity index (χ2n) is 9.80. The zero-order chi connectivity index (χ0) is 20.2. The van der Waals surface area contributed by atoms with Crippen molar-refractivity contribution in [3.63, 3.8) is 0 Å². The van der Waals surface area contributed by atoms with Gasteiger partial charge in [-0.3, -0.25) is 0 Å². The predicted octanol–water partition coefficient (Wildman–Crippen LogP) is 6.08. The molecule has 2 atom stereocenters. The van der Waals surface area contributed by atoms with E-state index in [9.17, 15) is 0 Å². The summed E-state index contributed by atoms with van der Waals surface area (Å²) in [5.74, 6) is 4.84. The maximum Gasteiger partial charge on any atom is 0.163 e. The topological polar surface area (TPSA) is 54.2 Å². The molecule has 160 valence electrons. The molecule has 0 saturated heterocycles. The molecule has 0 aliphatic heterocycles. The molecule has 0 spiro atoms. The molecule has 0 radical (unpaired) electrons. The van der Waals surface area contributed by atoms with E-state index in [1.165, 1.54) is 63.4 Å². The minimum absolute atomic E-state index is 0.416. The summed E-state index contributed by atoms with van der Waals surface area (Å²) in [5, 5.41) is 12.1. The third-order valence-corrected chi connectivity index (χ3v) is 7.25. The van der Waals surface area contributed by atoms with E-state index in [0.29, 0.717) is 5.92 Å². The number of anilines is 2. The van der Waals surface area contributed by atoms with Crippen LogP contribution in [0.4, 0.5) is 11.6 Å². The van der Waals surface area contributed by atoms with Gasteiger partial charge < -0.3 is 10.6 Å². The van der Waals surface area contributed by atoms with Crippen molar-refractivity contribution < 1.29 is 0 Å². The Balaban J connectivity index is 1.53. The van der Waals surface area contributed by atoms with Crippen LogP contribution in [0.1, 0.15) is 90.0 Å². The third kappa shape index (κ3) is 4.87. The highest BCUT2D eigenvalue weighted by Gasteiger charge is 2.22. The first-order valence-corrected chi connectivity index (χ1v) is 12.0. The standard InChI is InChI=1S/C24H39N5/c1-17(2)21-16-27-29-23(26-14-19-10-5-4-6-11-19)13-22(28-24(21)29)25-15-20-12-8-7-9-18(20)3/h13,16-20,26H,4-12,14-15H2,1-3H3,(H,25,28)/t18-,20+/m0/s1. The fourth-order valence-electron chi connectivity index (χ4n) is 5.18. The molecule has 2 heterocycles.